The van der Waals surface area contributed by atoms with Gasteiger partial charge in [-0.15, -0.1) is 10.2 Å². The number of carbonyl (C=O) groups is 1. The summed E-state index contributed by atoms with van der Waals surface area (Å²) >= 11 is 0. The fraction of sp³-hybridized carbons (Fsp3) is 0.632. The summed E-state index contributed by atoms with van der Waals surface area (Å²) in [5.41, 5.74) is 0.0142. The summed E-state index contributed by atoms with van der Waals surface area (Å²) in [4.78, 5) is 25.1. The predicted octanol–water partition coefficient (Wildman–Crippen LogP) is 0.692. The minimum absolute atomic E-state index is 0.0846. The van der Waals surface area contributed by atoms with Crippen LogP contribution in [0, 0.1) is 0 Å². The molecule has 1 atom stereocenters. The lowest BCUT2D eigenvalue weighted by Crippen LogP contribution is -2.45. The molecule has 5 heterocycles. The molecule has 9 nitrogen and oxygen atoms in total. The molecule has 3 aliphatic heterocycles. The monoisotopic (exact) mass is 383 g/mol. The smallest absolute Gasteiger partial charge is 0.274 e. The average molecular weight is 383 g/mol. The van der Waals surface area contributed by atoms with Crippen molar-refractivity contribution in [1.82, 2.24) is 34.5 Å². The second-order valence-corrected chi connectivity index (χ2v) is 8.18. The topological polar surface area (TPSA) is 89.3 Å². The third-order valence-electron chi connectivity index (χ3n) is 6.28. The van der Waals surface area contributed by atoms with Gasteiger partial charge in [0.15, 0.2) is 5.82 Å². The van der Waals surface area contributed by atoms with E-state index in [1.54, 1.807) is 12.4 Å². The Balaban J connectivity index is 1.33. The number of ether oxygens (including phenoxy) is 1. The maximum Gasteiger partial charge on any atom is 0.274 e. The number of likely N-dealkylation sites (tertiary alicyclic amines) is 2. The van der Waals surface area contributed by atoms with Gasteiger partial charge in [0.25, 0.3) is 5.91 Å². The van der Waals surface area contributed by atoms with Crippen molar-refractivity contribution in [1.29, 1.82) is 0 Å². The van der Waals surface area contributed by atoms with E-state index in [2.05, 4.69) is 36.7 Å². The highest BCUT2D eigenvalue weighted by molar-refractivity contribution is 5.92. The van der Waals surface area contributed by atoms with Crippen LogP contribution in [0.3, 0.4) is 0 Å². The van der Waals surface area contributed by atoms with E-state index in [1.165, 1.54) is 6.20 Å². The molecule has 0 saturated carbocycles. The van der Waals surface area contributed by atoms with Gasteiger partial charge < -0.3 is 19.1 Å². The average Bonchev–Trinajstić information content (AvgIpc) is 3.33. The number of aromatic nitrogens is 5. The largest absolute Gasteiger partial charge is 0.363 e. The minimum atomic E-state index is -0.368. The molecule has 2 aromatic heterocycles. The zero-order valence-electron chi connectivity index (χ0n) is 16.1. The normalized spacial score (nSPS) is 26.0. The number of rotatable bonds is 2. The van der Waals surface area contributed by atoms with Crippen molar-refractivity contribution >= 4 is 5.91 Å². The Labute approximate surface area is 163 Å². The van der Waals surface area contributed by atoms with Crippen molar-refractivity contribution in [2.24, 2.45) is 0 Å². The third kappa shape index (κ3) is 3.08. The van der Waals surface area contributed by atoms with Crippen molar-refractivity contribution in [3.8, 4) is 0 Å². The molecule has 3 aliphatic rings. The number of carbonyl (C=O) groups excluding carboxylic acids is 1. The van der Waals surface area contributed by atoms with E-state index in [4.69, 9.17) is 4.74 Å². The van der Waals surface area contributed by atoms with Gasteiger partial charge in [-0.25, -0.2) is 4.98 Å². The standard InChI is InChI=1S/C19H25N7O2/c1-24-7-2-14(3-8-24)17-23-22-16-11-28-19(13-26(16)17)4-9-25(12-19)18(27)15-10-20-5-6-21-15/h5-6,10,14H,2-4,7-9,11-13H2,1H3. The van der Waals surface area contributed by atoms with Crippen LogP contribution in [-0.2, 0) is 17.9 Å². The SMILES string of the molecule is CN1CCC(c2nnc3n2CC2(CCN(C(=O)c4cnccn4)C2)OC3)CC1. The van der Waals surface area contributed by atoms with Crippen LogP contribution in [0.15, 0.2) is 18.6 Å². The molecule has 2 aromatic rings. The van der Waals surface area contributed by atoms with Crippen molar-refractivity contribution in [3.05, 3.63) is 35.9 Å². The summed E-state index contributed by atoms with van der Waals surface area (Å²) in [5, 5.41) is 8.90. The highest BCUT2D eigenvalue weighted by atomic mass is 16.5. The first-order chi connectivity index (χ1) is 13.6. The summed E-state index contributed by atoms with van der Waals surface area (Å²) in [6.45, 7) is 4.57. The number of piperidine rings is 1. The van der Waals surface area contributed by atoms with Gasteiger partial charge in [-0.05, 0) is 39.4 Å². The zero-order chi connectivity index (χ0) is 19.1. The van der Waals surface area contributed by atoms with E-state index in [-0.39, 0.29) is 11.5 Å². The van der Waals surface area contributed by atoms with Gasteiger partial charge in [-0.2, -0.15) is 0 Å². The first-order valence-corrected chi connectivity index (χ1v) is 9.93. The van der Waals surface area contributed by atoms with Gasteiger partial charge in [0, 0.05) is 24.9 Å². The van der Waals surface area contributed by atoms with E-state index in [1.807, 2.05) is 4.90 Å². The second-order valence-electron chi connectivity index (χ2n) is 8.18. The fourth-order valence-corrected chi connectivity index (χ4v) is 4.58. The van der Waals surface area contributed by atoms with E-state index >= 15 is 0 Å². The highest BCUT2D eigenvalue weighted by Crippen LogP contribution is 2.35. The van der Waals surface area contributed by atoms with Crippen molar-refractivity contribution in [2.45, 2.75) is 43.9 Å². The maximum absolute atomic E-state index is 12.7. The predicted molar refractivity (Wildman–Crippen MR) is 99.6 cm³/mol. The molecule has 2 fully saturated rings. The molecule has 28 heavy (non-hydrogen) atoms. The molecule has 1 unspecified atom stereocenters. The van der Waals surface area contributed by atoms with Crippen LogP contribution >= 0.6 is 0 Å². The molecule has 5 rings (SSSR count). The van der Waals surface area contributed by atoms with E-state index in [0.29, 0.717) is 37.9 Å². The second kappa shape index (κ2) is 6.89. The van der Waals surface area contributed by atoms with Crippen LogP contribution in [0.25, 0.3) is 0 Å². The molecule has 1 amide bonds. The summed E-state index contributed by atoms with van der Waals surface area (Å²) in [6, 6.07) is 0. The Bertz CT molecular complexity index is 862. The molecule has 0 aromatic carbocycles. The molecule has 9 heteroatoms. The van der Waals surface area contributed by atoms with Crippen molar-refractivity contribution in [3.63, 3.8) is 0 Å². The maximum atomic E-state index is 12.7. The van der Waals surface area contributed by atoms with Gasteiger partial charge in [-0.3, -0.25) is 9.78 Å². The first kappa shape index (κ1) is 17.7. The molecule has 1 spiro atoms. The summed E-state index contributed by atoms with van der Waals surface area (Å²) < 4.78 is 8.49. The first-order valence-electron chi connectivity index (χ1n) is 9.93. The molecule has 0 aliphatic carbocycles. The minimum Gasteiger partial charge on any atom is -0.363 e. The van der Waals surface area contributed by atoms with Gasteiger partial charge >= 0.3 is 0 Å². The van der Waals surface area contributed by atoms with Crippen molar-refractivity contribution in [2.75, 3.05) is 33.2 Å². The van der Waals surface area contributed by atoms with Crippen LogP contribution in [-0.4, -0.2) is 79.3 Å². The van der Waals surface area contributed by atoms with Gasteiger partial charge in [0.1, 0.15) is 23.7 Å². The molecular weight excluding hydrogens is 358 g/mol. The number of fused-ring (bicyclic) bond motifs is 1. The van der Waals surface area contributed by atoms with Crippen LogP contribution < -0.4 is 0 Å². The number of nitrogens with zero attached hydrogens (tertiary/aromatic N) is 7. The Morgan fingerprint density at radius 1 is 1.18 bits per heavy atom. The zero-order valence-corrected chi connectivity index (χ0v) is 16.1. The van der Waals surface area contributed by atoms with Crippen LogP contribution in [0.1, 0.15) is 47.3 Å². The van der Waals surface area contributed by atoms with E-state index in [0.717, 1.165) is 44.0 Å². The Hall–Kier alpha value is -2.39. The lowest BCUT2D eigenvalue weighted by atomic mass is 9.95. The number of hydrogen-bond donors (Lipinski definition) is 0. The molecule has 0 radical (unpaired) electrons. The lowest BCUT2D eigenvalue weighted by Gasteiger charge is -2.36. The summed E-state index contributed by atoms with van der Waals surface area (Å²) in [5.74, 6) is 2.35. The molecule has 0 bridgehead atoms. The molecule has 148 valence electrons. The quantitative estimate of drug-likeness (QED) is 0.754. The Kier molecular flexibility index (Phi) is 4.36. The molecule has 2 saturated heterocycles. The van der Waals surface area contributed by atoms with Gasteiger partial charge in [0.2, 0.25) is 0 Å². The Morgan fingerprint density at radius 3 is 2.82 bits per heavy atom. The lowest BCUT2D eigenvalue weighted by molar-refractivity contribution is -0.0818. The number of hydrogen-bond acceptors (Lipinski definition) is 7. The van der Waals surface area contributed by atoms with Crippen molar-refractivity contribution < 1.29 is 9.53 Å². The Morgan fingerprint density at radius 2 is 2.04 bits per heavy atom. The summed E-state index contributed by atoms with van der Waals surface area (Å²) in [7, 11) is 2.17. The molecule has 0 N–H and O–H groups in total. The van der Waals surface area contributed by atoms with E-state index < -0.39 is 0 Å². The van der Waals surface area contributed by atoms with Crippen LogP contribution in [0.2, 0.25) is 0 Å². The highest BCUT2D eigenvalue weighted by Gasteiger charge is 2.45. The fourth-order valence-electron chi connectivity index (χ4n) is 4.58. The molecular formula is C19H25N7O2. The number of amides is 1. The van der Waals surface area contributed by atoms with Crippen LogP contribution in [0.5, 0.6) is 0 Å². The third-order valence-corrected chi connectivity index (χ3v) is 6.28. The van der Waals surface area contributed by atoms with Gasteiger partial charge in [-0.1, -0.05) is 0 Å². The van der Waals surface area contributed by atoms with E-state index in [9.17, 15) is 4.79 Å². The van der Waals surface area contributed by atoms with Crippen LogP contribution in [0.4, 0.5) is 0 Å². The summed E-state index contributed by atoms with van der Waals surface area (Å²) in [6.07, 6.45) is 7.67. The van der Waals surface area contributed by atoms with Gasteiger partial charge in [0.05, 0.1) is 19.3 Å².